The molecule has 1 aliphatic rings. The number of hydrogen-bond donors (Lipinski definition) is 0. The average molecular weight is 330 g/mol. The topological polar surface area (TPSA) is 52.1 Å². The fourth-order valence-electron chi connectivity index (χ4n) is 3.44. The fraction of sp³-hybridized carbons (Fsp3) is 0.190. The van der Waals surface area contributed by atoms with Crippen LogP contribution in [0.15, 0.2) is 60.9 Å². The van der Waals surface area contributed by atoms with Gasteiger partial charge in [0.2, 0.25) is 0 Å². The highest BCUT2D eigenvalue weighted by Gasteiger charge is 2.28. The summed E-state index contributed by atoms with van der Waals surface area (Å²) in [5.41, 5.74) is 5.57. The third-order valence-corrected chi connectivity index (χ3v) is 4.57. The molecule has 0 saturated carbocycles. The van der Waals surface area contributed by atoms with Crippen LogP contribution in [-0.4, -0.2) is 22.5 Å². The smallest absolute Gasteiger partial charge is 0.341 e. The molecule has 0 bridgehead atoms. The number of carbonyl (C=O) groups is 1. The van der Waals surface area contributed by atoms with Crippen LogP contribution < -0.4 is 0 Å². The van der Waals surface area contributed by atoms with Crippen molar-refractivity contribution in [1.82, 2.24) is 9.97 Å². The molecule has 0 N–H and O–H groups in total. The van der Waals surface area contributed by atoms with Crippen molar-refractivity contribution >= 4 is 5.97 Å². The van der Waals surface area contributed by atoms with Crippen LogP contribution in [0.25, 0.3) is 11.1 Å². The van der Waals surface area contributed by atoms with E-state index in [1.54, 1.807) is 19.3 Å². The Morgan fingerprint density at radius 2 is 1.52 bits per heavy atom. The molecule has 0 saturated heterocycles. The summed E-state index contributed by atoms with van der Waals surface area (Å²) in [4.78, 5) is 20.5. The quantitative estimate of drug-likeness (QED) is 0.678. The number of rotatable bonds is 4. The number of hydrogen-bond acceptors (Lipinski definition) is 4. The molecule has 3 aromatic rings. The van der Waals surface area contributed by atoms with Crippen LogP contribution in [0.2, 0.25) is 0 Å². The van der Waals surface area contributed by atoms with Crippen molar-refractivity contribution in [3.8, 4) is 11.1 Å². The number of fused-ring (bicyclic) bond motifs is 3. The number of nitrogens with zero attached hydrogens (tertiary/aromatic N) is 2. The van der Waals surface area contributed by atoms with Crippen LogP contribution in [-0.2, 0) is 11.2 Å². The lowest BCUT2D eigenvalue weighted by Gasteiger charge is -2.12. The van der Waals surface area contributed by atoms with Crippen LogP contribution in [0.4, 0.5) is 0 Å². The maximum Gasteiger partial charge on any atom is 0.341 e. The second-order valence-corrected chi connectivity index (χ2v) is 6.04. The highest BCUT2D eigenvalue weighted by atomic mass is 16.5. The van der Waals surface area contributed by atoms with Crippen LogP contribution >= 0.6 is 0 Å². The molecule has 0 atom stereocenters. The zero-order chi connectivity index (χ0) is 17.2. The van der Waals surface area contributed by atoms with Gasteiger partial charge in [0, 0.05) is 24.7 Å². The Kier molecular flexibility index (Phi) is 4.02. The molecule has 0 fully saturated rings. The van der Waals surface area contributed by atoms with Crippen molar-refractivity contribution in [1.29, 1.82) is 0 Å². The first kappa shape index (κ1) is 15.5. The van der Waals surface area contributed by atoms with Gasteiger partial charge in [-0.3, -0.25) is 0 Å². The summed E-state index contributed by atoms with van der Waals surface area (Å²) in [6, 6.07) is 17.0. The molecule has 0 spiro atoms. The average Bonchev–Trinajstić information content (AvgIpc) is 2.97. The van der Waals surface area contributed by atoms with Gasteiger partial charge in [0.05, 0.1) is 12.2 Å². The zero-order valence-corrected chi connectivity index (χ0v) is 14.0. The standard InChI is InChI=1S/C21H18N2O2/c1-2-25-21(24)14-12-22-20(23-13-14)11-19-17-9-5-3-7-15(17)16-8-4-6-10-18(16)19/h3-10,12-13,19H,2,11H2,1H3. The Bertz CT molecular complexity index is 874. The van der Waals surface area contributed by atoms with Crippen molar-refractivity contribution in [2.24, 2.45) is 0 Å². The monoisotopic (exact) mass is 330 g/mol. The first-order valence-corrected chi connectivity index (χ1v) is 8.44. The van der Waals surface area contributed by atoms with Crippen molar-refractivity contribution in [2.45, 2.75) is 19.3 Å². The minimum atomic E-state index is -0.384. The van der Waals surface area contributed by atoms with E-state index in [2.05, 4.69) is 58.5 Å². The summed E-state index contributed by atoms with van der Waals surface area (Å²) < 4.78 is 4.98. The minimum Gasteiger partial charge on any atom is -0.462 e. The Morgan fingerprint density at radius 1 is 0.960 bits per heavy atom. The van der Waals surface area contributed by atoms with Crippen LogP contribution in [0.1, 0.15) is 40.2 Å². The Hall–Kier alpha value is -3.01. The lowest BCUT2D eigenvalue weighted by molar-refractivity contribution is 0.0525. The van der Waals surface area contributed by atoms with E-state index in [0.29, 0.717) is 18.6 Å². The van der Waals surface area contributed by atoms with Gasteiger partial charge >= 0.3 is 5.97 Å². The van der Waals surface area contributed by atoms with E-state index in [-0.39, 0.29) is 11.9 Å². The molecule has 1 aliphatic carbocycles. The summed E-state index contributed by atoms with van der Waals surface area (Å²) in [6.07, 6.45) is 3.80. The van der Waals surface area contributed by atoms with Gasteiger partial charge in [0.25, 0.3) is 0 Å². The summed E-state index contributed by atoms with van der Waals surface area (Å²) in [6.45, 7) is 2.12. The van der Waals surface area contributed by atoms with E-state index in [1.165, 1.54) is 22.3 Å². The van der Waals surface area contributed by atoms with E-state index in [9.17, 15) is 4.79 Å². The largest absolute Gasteiger partial charge is 0.462 e. The number of carbonyl (C=O) groups excluding carboxylic acids is 1. The predicted octanol–water partition coefficient (Wildman–Crippen LogP) is 4.01. The first-order chi connectivity index (χ1) is 12.3. The summed E-state index contributed by atoms with van der Waals surface area (Å²) >= 11 is 0. The van der Waals surface area contributed by atoms with Crippen LogP contribution in [0, 0.1) is 0 Å². The molecule has 4 nitrogen and oxygen atoms in total. The lowest BCUT2D eigenvalue weighted by atomic mass is 9.93. The molecule has 1 aromatic heterocycles. The maximum atomic E-state index is 11.7. The van der Waals surface area contributed by atoms with Crippen molar-refractivity contribution < 1.29 is 9.53 Å². The Labute approximate surface area is 146 Å². The molecule has 1 heterocycles. The Balaban J connectivity index is 1.64. The van der Waals surface area contributed by atoms with Crippen molar-refractivity contribution in [3.63, 3.8) is 0 Å². The van der Waals surface area contributed by atoms with Gasteiger partial charge < -0.3 is 4.74 Å². The molecule has 25 heavy (non-hydrogen) atoms. The maximum absolute atomic E-state index is 11.7. The van der Waals surface area contributed by atoms with E-state index >= 15 is 0 Å². The van der Waals surface area contributed by atoms with Crippen LogP contribution in [0.3, 0.4) is 0 Å². The van der Waals surface area contributed by atoms with Crippen LogP contribution in [0.5, 0.6) is 0 Å². The van der Waals surface area contributed by atoms with Gasteiger partial charge in [0.1, 0.15) is 5.82 Å². The van der Waals surface area contributed by atoms with Gasteiger partial charge in [-0.1, -0.05) is 48.5 Å². The summed E-state index contributed by atoms with van der Waals surface area (Å²) in [7, 11) is 0. The van der Waals surface area contributed by atoms with E-state index < -0.39 is 0 Å². The predicted molar refractivity (Wildman–Crippen MR) is 95.4 cm³/mol. The third kappa shape index (κ3) is 2.80. The van der Waals surface area contributed by atoms with E-state index in [4.69, 9.17) is 4.74 Å². The fourth-order valence-corrected chi connectivity index (χ4v) is 3.44. The van der Waals surface area contributed by atoms with E-state index in [0.717, 1.165) is 5.82 Å². The molecule has 2 aromatic carbocycles. The second-order valence-electron chi connectivity index (χ2n) is 6.04. The number of esters is 1. The van der Waals surface area contributed by atoms with Gasteiger partial charge in [-0.25, -0.2) is 14.8 Å². The second kappa shape index (κ2) is 6.48. The van der Waals surface area contributed by atoms with Crippen molar-refractivity contribution in [3.05, 3.63) is 83.4 Å². The van der Waals surface area contributed by atoms with Gasteiger partial charge in [-0.2, -0.15) is 0 Å². The number of benzene rings is 2. The normalized spacial score (nSPS) is 12.5. The zero-order valence-electron chi connectivity index (χ0n) is 14.0. The third-order valence-electron chi connectivity index (χ3n) is 4.57. The molecule has 4 rings (SSSR count). The van der Waals surface area contributed by atoms with Gasteiger partial charge in [-0.05, 0) is 29.2 Å². The lowest BCUT2D eigenvalue weighted by Crippen LogP contribution is -2.09. The number of ether oxygens (including phenoxy) is 1. The van der Waals surface area contributed by atoms with Gasteiger partial charge in [0.15, 0.2) is 0 Å². The highest BCUT2D eigenvalue weighted by molar-refractivity contribution is 5.88. The molecule has 0 amide bonds. The molecule has 124 valence electrons. The van der Waals surface area contributed by atoms with Gasteiger partial charge in [-0.15, -0.1) is 0 Å². The first-order valence-electron chi connectivity index (χ1n) is 8.44. The minimum absolute atomic E-state index is 0.237. The molecular weight excluding hydrogens is 312 g/mol. The molecule has 0 radical (unpaired) electrons. The van der Waals surface area contributed by atoms with E-state index in [1.807, 2.05) is 0 Å². The summed E-state index contributed by atoms with van der Waals surface area (Å²) in [5, 5.41) is 0. The molecule has 0 unspecified atom stereocenters. The molecular formula is C21H18N2O2. The number of aromatic nitrogens is 2. The Morgan fingerprint density at radius 3 is 2.08 bits per heavy atom. The summed E-state index contributed by atoms with van der Waals surface area (Å²) in [5.74, 6) is 0.580. The van der Waals surface area contributed by atoms with Crippen molar-refractivity contribution in [2.75, 3.05) is 6.61 Å². The SMILES string of the molecule is CCOC(=O)c1cnc(CC2c3ccccc3-c3ccccc32)nc1. The molecule has 0 aliphatic heterocycles. The highest BCUT2D eigenvalue weighted by Crippen LogP contribution is 2.45. The molecule has 4 heteroatoms.